The van der Waals surface area contributed by atoms with E-state index in [0.717, 1.165) is 0 Å². The van der Waals surface area contributed by atoms with Crippen LogP contribution in [0.4, 0.5) is 5.82 Å². The minimum Gasteiger partial charge on any atom is -0.476 e. The molecule has 2 aromatic rings. The van der Waals surface area contributed by atoms with Gasteiger partial charge in [0.25, 0.3) is 0 Å². The molecule has 0 bridgehead atoms. The van der Waals surface area contributed by atoms with E-state index in [1.807, 2.05) is 6.92 Å². The Bertz CT molecular complexity index is 627. The molecule has 112 valence electrons. The fraction of sp³-hybridized carbons (Fsp3) is 0.308. The van der Waals surface area contributed by atoms with E-state index in [1.165, 1.54) is 4.80 Å². The lowest BCUT2D eigenvalue weighted by Gasteiger charge is -2.18. The number of likely N-dealkylation sites (N-methyl/N-ethyl adjacent to an activating group) is 1. The summed E-state index contributed by atoms with van der Waals surface area (Å²) in [6.45, 7) is 2.56. The van der Waals surface area contributed by atoms with Crippen LogP contribution in [0.3, 0.4) is 0 Å². The zero-order valence-electron chi connectivity index (χ0n) is 11.4. The number of halogens is 1. The number of nitrogens with zero attached hydrogens (tertiary/aromatic N) is 4. The van der Waals surface area contributed by atoms with Gasteiger partial charge in [-0.3, -0.25) is 0 Å². The predicted octanol–water partition coefficient (Wildman–Crippen LogP) is 1.44. The summed E-state index contributed by atoms with van der Waals surface area (Å²) in [5, 5.41) is 27.1. The van der Waals surface area contributed by atoms with Crippen LogP contribution in [0.25, 0.3) is 5.69 Å². The minimum atomic E-state index is -1.17. The normalized spacial score (nSPS) is 10.6. The highest BCUT2D eigenvalue weighted by Crippen LogP contribution is 2.19. The molecule has 0 saturated carbocycles. The van der Waals surface area contributed by atoms with Gasteiger partial charge in [0, 0.05) is 18.1 Å². The van der Waals surface area contributed by atoms with Gasteiger partial charge in [-0.05, 0) is 31.2 Å². The monoisotopic (exact) mass is 310 g/mol. The number of hydrogen-bond acceptors (Lipinski definition) is 5. The summed E-state index contributed by atoms with van der Waals surface area (Å²) in [5.74, 6) is -0.935. The van der Waals surface area contributed by atoms with Crippen LogP contribution >= 0.6 is 11.6 Å². The zero-order chi connectivity index (χ0) is 15.4. The van der Waals surface area contributed by atoms with Gasteiger partial charge in [0.05, 0.1) is 12.3 Å². The minimum absolute atomic E-state index is 0.0965. The van der Waals surface area contributed by atoms with Gasteiger partial charge in [-0.1, -0.05) is 11.6 Å². The van der Waals surface area contributed by atoms with Crippen molar-refractivity contribution in [3.63, 3.8) is 0 Å². The number of aliphatic hydroxyl groups excluding tert-OH is 1. The summed E-state index contributed by atoms with van der Waals surface area (Å²) in [4.78, 5) is 14.2. The van der Waals surface area contributed by atoms with Gasteiger partial charge in [-0.25, -0.2) is 4.79 Å². The van der Waals surface area contributed by atoms with E-state index in [0.29, 0.717) is 17.3 Å². The molecular weight excluding hydrogens is 296 g/mol. The lowest BCUT2D eigenvalue weighted by molar-refractivity contribution is 0.0690. The van der Waals surface area contributed by atoms with Gasteiger partial charge in [0.15, 0.2) is 5.82 Å². The Balaban J connectivity index is 2.45. The molecule has 0 amide bonds. The third kappa shape index (κ3) is 3.32. The van der Waals surface area contributed by atoms with E-state index in [2.05, 4.69) is 10.2 Å². The van der Waals surface area contributed by atoms with E-state index in [9.17, 15) is 9.90 Å². The molecular formula is C13H15ClN4O3. The van der Waals surface area contributed by atoms with Gasteiger partial charge >= 0.3 is 5.97 Å². The third-order valence-corrected chi connectivity index (χ3v) is 3.16. The van der Waals surface area contributed by atoms with Gasteiger partial charge in [0.2, 0.25) is 5.69 Å². The Morgan fingerprint density at radius 1 is 1.33 bits per heavy atom. The van der Waals surface area contributed by atoms with Gasteiger partial charge in [-0.15, -0.1) is 15.0 Å². The number of carboxylic acid groups (broad SMARTS) is 1. The average molecular weight is 311 g/mol. The molecule has 1 aromatic heterocycles. The van der Waals surface area contributed by atoms with Crippen LogP contribution in [-0.2, 0) is 0 Å². The fourth-order valence-corrected chi connectivity index (χ4v) is 2.00. The van der Waals surface area contributed by atoms with Gasteiger partial charge in [-0.2, -0.15) is 0 Å². The number of carboxylic acids is 1. The van der Waals surface area contributed by atoms with E-state index in [1.54, 1.807) is 29.2 Å². The number of hydrogen-bond donors (Lipinski definition) is 2. The molecule has 8 heteroatoms. The van der Waals surface area contributed by atoms with Crippen molar-refractivity contribution in [3.8, 4) is 5.69 Å². The lowest BCUT2D eigenvalue weighted by atomic mass is 10.3. The Hall–Kier alpha value is -2.12. The molecule has 0 aliphatic carbocycles. The maximum Gasteiger partial charge on any atom is 0.360 e. The Morgan fingerprint density at radius 2 is 2.00 bits per heavy atom. The average Bonchev–Trinajstić information content (AvgIpc) is 2.90. The maximum atomic E-state index is 11.3. The highest BCUT2D eigenvalue weighted by molar-refractivity contribution is 6.30. The quantitative estimate of drug-likeness (QED) is 0.839. The van der Waals surface area contributed by atoms with Crippen molar-refractivity contribution in [2.45, 2.75) is 6.92 Å². The van der Waals surface area contributed by atoms with Crippen molar-refractivity contribution in [2.24, 2.45) is 0 Å². The van der Waals surface area contributed by atoms with Crippen molar-refractivity contribution in [2.75, 3.05) is 24.6 Å². The van der Waals surface area contributed by atoms with E-state index in [4.69, 9.17) is 16.7 Å². The summed E-state index contributed by atoms with van der Waals surface area (Å²) in [6, 6.07) is 6.73. The van der Waals surface area contributed by atoms with Crippen molar-refractivity contribution < 1.29 is 15.0 Å². The smallest absolute Gasteiger partial charge is 0.360 e. The van der Waals surface area contributed by atoms with Gasteiger partial charge in [0.1, 0.15) is 0 Å². The molecule has 2 N–H and O–H groups in total. The first-order valence-electron chi connectivity index (χ1n) is 6.39. The number of aromatic carboxylic acids is 1. The van der Waals surface area contributed by atoms with E-state index in [-0.39, 0.29) is 24.7 Å². The molecule has 1 aromatic carbocycles. The molecule has 1 heterocycles. The zero-order valence-corrected chi connectivity index (χ0v) is 12.2. The number of benzene rings is 1. The maximum absolute atomic E-state index is 11.3. The first-order chi connectivity index (χ1) is 10.1. The second-order valence-corrected chi connectivity index (χ2v) is 4.68. The molecule has 0 aliphatic heterocycles. The Kier molecular flexibility index (Phi) is 4.77. The number of anilines is 1. The van der Waals surface area contributed by atoms with Crippen LogP contribution in [0.5, 0.6) is 0 Å². The molecule has 0 aliphatic rings. The number of aliphatic hydroxyl groups is 1. The van der Waals surface area contributed by atoms with Crippen LogP contribution in [0.2, 0.25) is 5.02 Å². The lowest BCUT2D eigenvalue weighted by Crippen LogP contribution is -2.28. The van der Waals surface area contributed by atoms with E-state index >= 15 is 0 Å². The molecule has 2 rings (SSSR count). The van der Waals surface area contributed by atoms with Crippen LogP contribution in [0, 0.1) is 0 Å². The molecule has 0 saturated heterocycles. The topological polar surface area (TPSA) is 91.5 Å². The molecule has 21 heavy (non-hydrogen) atoms. The standard InChI is InChI=1S/C13H15ClN4O3/c1-2-17(7-8-19)12-11(13(20)21)15-18(16-12)10-5-3-9(14)4-6-10/h3-6,19H,2,7-8H2,1H3,(H,20,21). The fourth-order valence-electron chi connectivity index (χ4n) is 1.87. The van der Waals surface area contributed by atoms with Crippen LogP contribution in [-0.4, -0.2) is 50.9 Å². The molecule has 0 spiro atoms. The second-order valence-electron chi connectivity index (χ2n) is 4.25. The second kappa shape index (κ2) is 6.55. The number of rotatable bonds is 6. The molecule has 0 fully saturated rings. The van der Waals surface area contributed by atoms with E-state index < -0.39 is 5.97 Å². The van der Waals surface area contributed by atoms with Crippen LogP contribution < -0.4 is 4.90 Å². The molecule has 0 atom stereocenters. The first-order valence-corrected chi connectivity index (χ1v) is 6.77. The van der Waals surface area contributed by atoms with Crippen LogP contribution in [0.15, 0.2) is 24.3 Å². The Morgan fingerprint density at radius 3 is 2.52 bits per heavy atom. The third-order valence-electron chi connectivity index (χ3n) is 2.91. The molecule has 7 nitrogen and oxygen atoms in total. The van der Waals surface area contributed by atoms with Crippen LogP contribution in [0.1, 0.15) is 17.4 Å². The van der Waals surface area contributed by atoms with Crippen molar-refractivity contribution in [1.29, 1.82) is 0 Å². The first kappa shape index (κ1) is 15.3. The summed E-state index contributed by atoms with van der Waals surface area (Å²) in [7, 11) is 0. The van der Waals surface area contributed by atoms with Crippen molar-refractivity contribution in [1.82, 2.24) is 15.0 Å². The SMILES string of the molecule is CCN(CCO)c1nn(-c2ccc(Cl)cc2)nc1C(=O)O. The summed E-state index contributed by atoms with van der Waals surface area (Å²) < 4.78 is 0. The van der Waals surface area contributed by atoms with Crippen molar-refractivity contribution in [3.05, 3.63) is 35.0 Å². The molecule has 0 unspecified atom stereocenters. The number of aromatic nitrogens is 3. The predicted molar refractivity (Wildman–Crippen MR) is 78.3 cm³/mol. The largest absolute Gasteiger partial charge is 0.476 e. The Labute approximate surface area is 126 Å². The van der Waals surface area contributed by atoms with Gasteiger partial charge < -0.3 is 15.1 Å². The summed E-state index contributed by atoms with van der Waals surface area (Å²) in [5.41, 5.74) is 0.452. The summed E-state index contributed by atoms with van der Waals surface area (Å²) in [6.07, 6.45) is 0. The highest BCUT2D eigenvalue weighted by Gasteiger charge is 2.22. The number of carbonyl (C=O) groups is 1. The van der Waals surface area contributed by atoms with Crippen molar-refractivity contribution >= 4 is 23.4 Å². The highest BCUT2D eigenvalue weighted by atomic mass is 35.5. The summed E-state index contributed by atoms with van der Waals surface area (Å²) >= 11 is 5.82. The molecule has 0 radical (unpaired) electrons.